The van der Waals surface area contributed by atoms with Crippen molar-refractivity contribution in [3.63, 3.8) is 0 Å². The maximum Gasteiger partial charge on any atom is 0.416 e. The standard InChI is InChI=1S/C15H14F3N4/c1-21-6-5-14(20-21)10-22-9-12(8-19-22)11-3-2-4-13(7-11)15(16,17)18/h2-9,12H,10H2,1H3/q+1. The summed E-state index contributed by atoms with van der Waals surface area (Å²) in [6.45, 7) is 0.493. The van der Waals surface area contributed by atoms with Gasteiger partial charge in [0.05, 0.1) is 11.8 Å². The third-order valence-electron chi connectivity index (χ3n) is 3.40. The molecule has 1 aliphatic rings. The largest absolute Gasteiger partial charge is 0.416 e. The fraction of sp³-hybridized carbons (Fsp3) is 0.267. The van der Waals surface area contributed by atoms with Crippen LogP contribution in [0.2, 0.25) is 0 Å². The molecule has 1 unspecified atom stereocenters. The van der Waals surface area contributed by atoms with E-state index >= 15 is 0 Å². The Morgan fingerprint density at radius 2 is 2.09 bits per heavy atom. The van der Waals surface area contributed by atoms with Gasteiger partial charge in [-0.1, -0.05) is 22.9 Å². The van der Waals surface area contributed by atoms with Crippen molar-refractivity contribution in [2.75, 3.05) is 0 Å². The van der Waals surface area contributed by atoms with Crippen LogP contribution in [0.1, 0.15) is 22.7 Å². The van der Waals surface area contributed by atoms with Crippen molar-refractivity contribution in [3.05, 3.63) is 53.3 Å². The molecule has 0 spiro atoms. The van der Waals surface area contributed by atoms with Crippen LogP contribution >= 0.6 is 0 Å². The quantitative estimate of drug-likeness (QED) is 0.803. The van der Waals surface area contributed by atoms with Crippen LogP contribution in [0.25, 0.3) is 0 Å². The van der Waals surface area contributed by atoms with Gasteiger partial charge >= 0.3 is 6.18 Å². The highest BCUT2D eigenvalue weighted by Crippen LogP contribution is 2.31. The fourth-order valence-corrected chi connectivity index (χ4v) is 2.32. The number of aromatic nitrogens is 2. The number of hydrogen-bond acceptors (Lipinski definition) is 2. The van der Waals surface area contributed by atoms with Gasteiger partial charge in [-0.3, -0.25) is 4.68 Å². The third-order valence-corrected chi connectivity index (χ3v) is 3.40. The lowest BCUT2D eigenvalue weighted by Gasteiger charge is -2.08. The lowest BCUT2D eigenvalue weighted by atomic mass is 9.99. The number of hydrazone groups is 1. The minimum atomic E-state index is -4.33. The normalized spacial score (nSPS) is 17.8. The van der Waals surface area contributed by atoms with Crippen LogP contribution in [-0.4, -0.2) is 26.9 Å². The van der Waals surface area contributed by atoms with Crippen molar-refractivity contribution in [1.29, 1.82) is 0 Å². The predicted octanol–water partition coefficient (Wildman–Crippen LogP) is 2.81. The van der Waals surface area contributed by atoms with E-state index in [0.717, 1.165) is 17.8 Å². The van der Waals surface area contributed by atoms with Gasteiger partial charge in [0.2, 0.25) is 6.54 Å². The summed E-state index contributed by atoms with van der Waals surface area (Å²) in [5, 5.41) is 8.46. The van der Waals surface area contributed by atoms with Gasteiger partial charge in [-0.2, -0.15) is 18.3 Å². The highest BCUT2D eigenvalue weighted by Gasteiger charge is 2.31. The van der Waals surface area contributed by atoms with Gasteiger partial charge in [0.1, 0.15) is 11.6 Å². The Bertz CT molecular complexity index is 743. The Balaban J connectivity index is 1.78. The van der Waals surface area contributed by atoms with Crippen LogP contribution in [0.4, 0.5) is 13.2 Å². The van der Waals surface area contributed by atoms with Gasteiger partial charge < -0.3 is 0 Å². The van der Waals surface area contributed by atoms with E-state index in [2.05, 4.69) is 10.2 Å². The number of alkyl halides is 3. The van der Waals surface area contributed by atoms with Gasteiger partial charge in [0.25, 0.3) is 0 Å². The monoisotopic (exact) mass is 307 g/mol. The Hall–Kier alpha value is -2.44. The van der Waals surface area contributed by atoms with Crippen LogP contribution in [-0.2, 0) is 19.8 Å². The highest BCUT2D eigenvalue weighted by atomic mass is 19.4. The molecule has 0 N–H and O–H groups in total. The van der Waals surface area contributed by atoms with Gasteiger partial charge in [-0.05, 0) is 22.8 Å². The summed E-state index contributed by atoms with van der Waals surface area (Å²) in [6, 6.07) is 7.20. The summed E-state index contributed by atoms with van der Waals surface area (Å²) in [4.78, 5) is 0. The zero-order valence-electron chi connectivity index (χ0n) is 11.8. The average molecular weight is 307 g/mol. The van der Waals surface area contributed by atoms with Gasteiger partial charge in [0.15, 0.2) is 6.21 Å². The molecule has 0 saturated heterocycles. The van der Waals surface area contributed by atoms with Crippen LogP contribution in [0.15, 0.2) is 41.6 Å². The molecule has 0 aliphatic carbocycles. The molecule has 0 bridgehead atoms. The van der Waals surface area contributed by atoms with Crippen molar-refractivity contribution in [1.82, 2.24) is 9.78 Å². The fourth-order valence-electron chi connectivity index (χ4n) is 2.32. The molecule has 0 fully saturated rings. The molecule has 1 aromatic carbocycles. The molecule has 2 heterocycles. The molecule has 114 valence electrons. The molecule has 22 heavy (non-hydrogen) atoms. The minimum absolute atomic E-state index is 0.258. The van der Waals surface area contributed by atoms with Crippen LogP contribution in [0.5, 0.6) is 0 Å². The Kier molecular flexibility index (Phi) is 3.56. The smallest absolute Gasteiger partial charge is 0.275 e. The van der Waals surface area contributed by atoms with Crippen molar-refractivity contribution < 1.29 is 17.9 Å². The number of halogens is 3. The minimum Gasteiger partial charge on any atom is -0.275 e. The SMILES string of the molecule is Cn1ccc(C[N+]2=CC(c3cccc(C(F)(F)F)c3)C=N2)n1. The van der Waals surface area contributed by atoms with E-state index in [9.17, 15) is 13.2 Å². The van der Waals surface area contributed by atoms with E-state index in [1.807, 2.05) is 19.3 Å². The number of benzene rings is 1. The second-order valence-electron chi connectivity index (χ2n) is 5.14. The van der Waals surface area contributed by atoms with E-state index in [-0.39, 0.29) is 5.92 Å². The zero-order chi connectivity index (χ0) is 15.7. The molecule has 0 saturated carbocycles. The first-order valence-corrected chi connectivity index (χ1v) is 6.73. The van der Waals surface area contributed by atoms with E-state index in [0.29, 0.717) is 12.1 Å². The lowest BCUT2D eigenvalue weighted by Crippen LogP contribution is -2.09. The molecule has 2 aromatic rings. The molecule has 1 atom stereocenters. The topological polar surface area (TPSA) is 33.2 Å². The van der Waals surface area contributed by atoms with E-state index < -0.39 is 11.7 Å². The summed E-state index contributed by atoms with van der Waals surface area (Å²) in [7, 11) is 1.83. The second-order valence-corrected chi connectivity index (χ2v) is 5.14. The third kappa shape index (κ3) is 3.08. The highest BCUT2D eigenvalue weighted by molar-refractivity contribution is 5.90. The number of aryl methyl sites for hydroxylation is 1. The molecule has 1 aromatic heterocycles. The first-order chi connectivity index (χ1) is 10.4. The Morgan fingerprint density at radius 1 is 1.27 bits per heavy atom. The second kappa shape index (κ2) is 5.40. The molecule has 4 nitrogen and oxygen atoms in total. The number of nitrogens with zero attached hydrogens (tertiary/aromatic N) is 4. The molecule has 1 aliphatic heterocycles. The molecular formula is C15H14F3N4+. The summed E-state index contributed by atoms with van der Waals surface area (Å²) < 4.78 is 41.7. The maximum atomic E-state index is 12.8. The van der Waals surface area contributed by atoms with Gasteiger partial charge in [0, 0.05) is 13.2 Å². The van der Waals surface area contributed by atoms with Crippen molar-refractivity contribution in [2.24, 2.45) is 12.1 Å². The van der Waals surface area contributed by atoms with E-state index in [1.54, 1.807) is 27.9 Å². The van der Waals surface area contributed by atoms with Crippen LogP contribution < -0.4 is 0 Å². The molecule has 0 radical (unpaired) electrons. The predicted molar refractivity (Wildman–Crippen MR) is 75.9 cm³/mol. The van der Waals surface area contributed by atoms with Gasteiger partial charge in [-0.25, -0.2) is 0 Å². The molecule has 7 heteroatoms. The summed E-state index contributed by atoms with van der Waals surface area (Å²) in [6.07, 6.45) is 0.932. The maximum absolute atomic E-state index is 12.8. The number of hydrogen-bond donors (Lipinski definition) is 0. The summed E-state index contributed by atoms with van der Waals surface area (Å²) in [5.74, 6) is -0.258. The lowest BCUT2D eigenvalue weighted by molar-refractivity contribution is -0.542. The molecular weight excluding hydrogens is 293 g/mol. The van der Waals surface area contributed by atoms with Gasteiger partial charge in [-0.15, -0.1) is 0 Å². The molecule has 3 rings (SSSR count). The van der Waals surface area contributed by atoms with Crippen LogP contribution in [0.3, 0.4) is 0 Å². The van der Waals surface area contributed by atoms with Crippen molar-refractivity contribution in [3.8, 4) is 0 Å². The average Bonchev–Trinajstić information content (AvgIpc) is 3.08. The van der Waals surface area contributed by atoms with E-state index in [4.69, 9.17) is 0 Å². The van der Waals surface area contributed by atoms with Crippen LogP contribution in [0, 0.1) is 0 Å². The Labute approximate surface area is 125 Å². The Morgan fingerprint density at radius 3 is 2.77 bits per heavy atom. The number of rotatable bonds is 3. The first-order valence-electron chi connectivity index (χ1n) is 6.73. The van der Waals surface area contributed by atoms with E-state index in [1.165, 1.54) is 6.07 Å². The summed E-state index contributed by atoms with van der Waals surface area (Å²) >= 11 is 0. The summed E-state index contributed by atoms with van der Waals surface area (Å²) in [5.41, 5.74) is 0.776. The first kappa shape index (κ1) is 14.5. The van der Waals surface area contributed by atoms with Crippen molar-refractivity contribution >= 4 is 12.4 Å². The van der Waals surface area contributed by atoms with Crippen molar-refractivity contribution in [2.45, 2.75) is 18.6 Å². The zero-order valence-corrected chi connectivity index (χ0v) is 11.8. The molecule has 0 amide bonds.